The Labute approximate surface area is 158 Å². The molecule has 0 atom stereocenters. The summed E-state index contributed by atoms with van der Waals surface area (Å²) in [4.78, 5) is 16.6. The van der Waals surface area contributed by atoms with Crippen LogP contribution in [0.25, 0.3) is 10.9 Å². The Morgan fingerprint density at radius 2 is 1.81 bits per heavy atom. The first-order valence-corrected chi connectivity index (χ1v) is 9.11. The molecule has 3 nitrogen and oxygen atoms in total. The number of halogens is 5. The van der Waals surface area contributed by atoms with Crippen LogP contribution in [0.15, 0.2) is 24.3 Å². The second-order valence-corrected chi connectivity index (χ2v) is 7.43. The number of amides is 1. The van der Waals surface area contributed by atoms with Gasteiger partial charge in [-0.25, -0.2) is 4.98 Å². The van der Waals surface area contributed by atoms with E-state index in [4.69, 9.17) is 23.2 Å². The van der Waals surface area contributed by atoms with E-state index in [1.165, 1.54) is 0 Å². The Bertz CT molecular complexity index is 818. The summed E-state index contributed by atoms with van der Waals surface area (Å²) < 4.78 is 38.2. The molecule has 0 radical (unpaired) electrons. The maximum atomic E-state index is 12.7. The molecule has 1 aromatic carbocycles. The molecule has 1 aromatic heterocycles. The Hall–Kier alpha value is -1.53. The predicted molar refractivity (Wildman–Crippen MR) is 96.5 cm³/mol. The van der Waals surface area contributed by atoms with Crippen LogP contribution in [0.5, 0.6) is 0 Å². The number of nitrogens with one attached hydrogen (secondary N) is 1. The van der Waals surface area contributed by atoms with E-state index in [-0.39, 0.29) is 31.1 Å². The summed E-state index contributed by atoms with van der Waals surface area (Å²) in [5.74, 6) is -1.55. The quantitative estimate of drug-likeness (QED) is 0.615. The monoisotopic (exact) mass is 404 g/mol. The van der Waals surface area contributed by atoms with E-state index in [0.29, 0.717) is 39.6 Å². The number of benzene rings is 1. The Morgan fingerprint density at radius 1 is 1.12 bits per heavy atom. The average Bonchev–Trinajstić information content (AvgIpc) is 2.57. The molecular weight excluding hydrogens is 388 g/mol. The van der Waals surface area contributed by atoms with Crippen molar-refractivity contribution >= 4 is 45.7 Å². The Balaban J connectivity index is 1.66. The first-order valence-electron chi connectivity index (χ1n) is 8.35. The number of rotatable bonds is 3. The van der Waals surface area contributed by atoms with Crippen molar-refractivity contribution in [3.8, 4) is 0 Å². The molecule has 140 valence electrons. The van der Waals surface area contributed by atoms with Gasteiger partial charge in [-0.2, -0.15) is 13.2 Å². The van der Waals surface area contributed by atoms with Gasteiger partial charge in [-0.05, 0) is 55.9 Å². The molecule has 1 amide bonds. The van der Waals surface area contributed by atoms with Gasteiger partial charge >= 0.3 is 6.18 Å². The van der Waals surface area contributed by atoms with Gasteiger partial charge in [0.1, 0.15) is 5.15 Å². The highest BCUT2D eigenvalue weighted by Crippen LogP contribution is 2.40. The van der Waals surface area contributed by atoms with Crippen LogP contribution in [-0.4, -0.2) is 17.1 Å². The molecule has 1 fully saturated rings. The number of hydrogen-bond donors (Lipinski definition) is 1. The molecule has 1 N–H and O–H groups in total. The zero-order chi connectivity index (χ0) is 18.9. The summed E-state index contributed by atoms with van der Waals surface area (Å²) in [5, 5.41) is 4.15. The van der Waals surface area contributed by atoms with E-state index in [1.54, 1.807) is 24.3 Å². The molecule has 26 heavy (non-hydrogen) atoms. The third-order valence-corrected chi connectivity index (χ3v) is 5.36. The minimum absolute atomic E-state index is 0.0464. The first-order chi connectivity index (χ1) is 12.2. The lowest BCUT2D eigenvalue weighted by Gasteiger charge is -2.29. The minimum atomic E-state index is -4.14. The molecule has 0 bridgehead atoms. The van der Waals surface area contributed by atoms with Crippen LogP contribution in [-0.2, 0) is 4.79 Å². The first kappa shape index (κ1) is 19.2. The number of carbonyl (C=O) groups excluding carboxylic acids is 1. The molecule has 0 aliphatic heterocycles. The number of hydrogen-bond acceptors (Lipinski definition) is 2. The van der Waals surface area contributed by atoms with E-state index in [2.05, 4.69) is 10.3 Å². The number of pyridine rings is 1. The number of alkyl halides is 3. The molecule has 1 aliphatic carbocycles. The lowest BCUT2D eigenvalue weighted by atomic mass is 9.80. The van der Waals surface area contributed by atoms with Gasteiger partial charge in [0.2, 0.25) is 5.91 Å². The van der Waals surface area contributed by atoms with Gasteiger partial charge in [0, 0.05) is 11.8 Å². The van der Waals surface area contributed by atoms with E-state index >= 15 is 0 Å². The summed E-state index contributed by atoms with van der Waals surface area (Å²) in [7, 11) is 0. The second kappa shape index (κ2) is 7.61. The van der Waals surface area contributed by atoms with E-state index < -0.39 is 12.1 Å². The number of fused-ring (bicyclic) bond motifs is 1. The van der Waals surface area contributed by atoms with Gasteiger partial charge in [0.05, 0.1) is 22.1 Å². The zero-order valence-electron chi connectivity index (χ0n) is 13.7. The van der Waals surface area contributed by atoms with Crippen LogP contribution in [0, 0.1) is 11.8 Å². The van der Waals surface area contributed by atoms with Gasteiger partial charge < -0.3 is 5.32 Å². The molecule has 8 heteroatoms. The van der Waals surface area contributed by atoms with Crippen molar-refractivity contribution in [2.45, 2.75) is 38.3 Å². The minimum Gasteiger partial charge on any atom is -0.324 e. The van der Waals surface area contributed by atoms with Crippen LogP contribution in [0.2, 0.25) is 10.2 Å². The smallest absolute Gasteiger partial charge is 0.324 e. The highest BCUT2D eigenvalue weighted by atomic mass is 35.5. The predicted octanol–water partition coefficient (Wildman–Crippen LogP) is 6.24. The van der Waals surface area contributed by atoms with Gasteiger partial charge in [0.25, 0.3) is 0 Å². The van der Waals surface area contributed by atoms with E-state index in [9.17, 15) is 18.0 Å². The Kier molecular flexibility index (Phi) is 5.63. The number of anilines is 1. The summed E-state index contributed by atoms with van der Waals surface area (Å²) in [5.41, 5.74) is 1.05. The van der Waals surface area contributed by atoms with Crippen molar-refractivity contribution in [3.05, 3.63) is 34.4 Å². The van der Waals surface area contributed by atoms with Gasteiger partial charge in [-0.1, -0.05) is 23.2 Å². The van der Waals surface area contributed by atoms with Crippen molar-refractivity contribution < 1.29 is 18.0 Å². The lowest BCUT2D eigenvalue weighted by Crippen LogP contribution is -2.29. The standard InChI is InChI=1S/C18H17Cl2F3N2O/c19-13-6-7-14-12(5-8-15(20)24-14)17(13)25-16(26)9-10-1-3-11(4-2-10)18(21,22)23/h5-8,10-11H,1-4,9H2,(H,25,26). The fraction of sp³-hybridized carbons (Fsp3) is 0.444. The molecular formula is C18H17Cl2F3N2O. The number of aromatic nitrogens is 1. The molecule has 0 unspecified atom stereocenters. The van der Waals surface area contributed by atoms with Crippen LogP contribution in [0.4, 0.5) is 18.9 Å². The molecule has 3 rings (SSSR count). The van der Waals surface area contributed by atoms with Crippen molar-refractivity contribution in [1.29, 1.82) is 0 Å². The highest BCUT2D eigenvalue weighted by molar-refractivity contribution is 6.35. The van der Waals surface area contributed by atoms with Crippen LogP contribution in [0.3, 0.4) is 0 Å². The van der Waals surface area contributed by atoms with Crippen molar-refractivity contribution in [2.75, 3.05) is 5.32 Å². The average molecular weight is 405 g/mol. The summed E-state index contributed by atoms with van der Waals surface area (Å²) >= 11 is 12.1. The maximum Gasteiger partial charge on any atom is 0.391 e. The fourth-order valence-corrected chi connectivity index (χ4v) is 3.79. The fourth-order valence-electron chi connectivity index (χ4n) is 3.43. The van der Waals surface area contributed by atoms with Gasteiger partial charge in [-0.3, -0.25) is 4.79 Å². The third kappa shape index (κ3) is 4.41. The molecule has 1 saturated carbocycles. The van der Waals surface area contributed by atoms with Crippen LogP contribution < -0.4 is 5.32 Å². The number of carbonyl (C=O) groups is 1. The van der Waals surface area contributed by atoms with E-state index in [0.717, 1.165) is 0 Å². The Morgan fingerprint density at radius 3 is 2.46 bits per heavy atom. The summed E-state index contributed by atoms with van der Waals surface area (Å²) in [6, 6.07) is 6.66. The normalized spacial score (nSPS) is 21.0. The maximum absolute atomic E-state index is 12.7. The van der Waals surface area contributed by atoms with E-state index in [1.807, 2.05) is 0 Å². The molecule has 1 aliphatic rings. The van der Waals surface area contributed by atoms with Crippen LogP contribution >= 0.6 is 23.2 Å². The largest absolute Gasteiger partial charge is 0.391 e. The summed E-state index contributed by atoms with van der Waals surface area (Å²) in [6.07, 6.45) is -3.00. The third-order valence-electron chi connectivity index (χ3n) is 4.83. The summed E-state index contributed by atoms with van der Waals surface area (Å²) in [6.45, 7) is 0. The van der Waals surface area contributed by atoms with Crippen molar-refractivity contribution in [1.82, 2.24) is 4.98 Å². The lowest BCUT2D eigenvalue weighted by molar-refractivity contribution is -0.183. The van der Waals surface area contributed by atoms with Crippen LogP contribution in [0.1, 0.15) is 32.1 Å². The highest BCUT2D eigenvalue weighted by Gasteiger charge is 2.41. The molecule has 2 aromatic rings. The zero-order valence-corrected chi connectivity index (χ0v) is 15.3. The topological polar surface area (TPSA) is 42.0 Å². The molecule has 0 spiro atoms. The van der Waals surface area contributed by atoms with Gasteiger partial charge in [-0.15, -0.1) is 0 Å². The second-order valence-electron chi connectivity index (χ2n) is 6.63. The van der Waals surface area contributed by atoms with Gasteiger partial charge in [0.15, 0.2) is 0 Å². The SMILES string of the molecule is O=C(CC1CCC(C(F)(F)F)CC1)Nc1c(Cl)ccc2nc(Cl)ccc12. The molecule has 1 heterocycles. The number of nitrogens with zero attached hydrogens (tertiary/aromatic N) is 1. The molecule has 0 saturated heterocycles. The van der Waals surface area contributed by atoms with Crippen molar-refractivity contribution in [3.63, 3.8) is 0 Å². The van der Waals surface area contributed by atoms with Crippen molar-refractivity contribution in [2.24, 2.45) is 11.8 Å².